The van der Waals surface area contributed by atoms with E-state index in [1.165, 1.54) is 114 Å². The minimum absolute atomic E-state index is 0.0937. The molecule has 20 nitrogen and oxygen atoms in total. The van der Waals surface area contributed by atoms with E-state index in [1.54, 1.807) is 30.3 Å². The van der Waals surface area contributed by atoms with Crippen molar-refractivity contribution in [2.75, 3.05) is 66.1 Å². The fourth-order valence-electron chi connectivity index (χ4n) is 17.3. The Morgan fingerprint density at radius 3 is 1.15 bits per heavy atom. The molecule has 698 valence electrons. The van der Waals surface area contributed by atoms with Gasteiger partial charge in [-0.1, -0.05) is 205 Å². The van der Waals surface area contributed by atoms with Crippen molar-refractivity contribution < 1.29 is 95.5 Å². The monoisotopic (exact) mass is 1750 g/mol. The average molecular weight is 1750 g/mol. The zero-order chi connectivity index (χ0) is 88.9. The molecular formula is C106H154O20. The predicted octanol–water partition coefficient (Wildman–Crippen LogP) is 25.5. The van der Waals surface area contributed by atoms with E-state index in [2.05, 4.69) is 38.1 Å². The van der Waals surface area contributed by atoms with Gasteiger partial charge in [0.25, 0.3) is 0 Å². The molecule has 1 heterocycles. The van der Waals surface area contributed by atoms with Crippen molar-refractivity contribution in [3.63, 3.8) is 0 Å². The van der Waals surface area contributed by atoms with Crippen molar-refractivity contribution in [1.82, 2.24) is 0 Å². The van der Waals surface area contributed by atoms with E-state index in [1.807, 2.05) is 54.6 Å². The Bertz CT molecular complexity index is 3750. The Morgan fingerprint density at radius 1 is 0.381 bits per heavy atom. The van der Waals surface area contributed by atoms with Crippen LogP contribution >= 0.6 is 0 Å². The van der Waals surface area contributed by atoms with Gasteiger partial charge in [0.15, 0.2) is 6.29 Å². The summed E-state index contributed by atoms with van der Waals surface area (Å²) in [6.45, 7) is 9.25. The summed E-state index contributed by atoms with van der Waals surface area (Å²) >= 11 is 0. The molecule has 3 fully saturated rings. The molecule has 0 amide bonds. The van der Waals surface area contributed by atoms with Crippen LogP contribution in [0.3, 0.4) is 0 Å². The van der Waals surface area contributed by atoms with Crippen molar-refractivity contribution in [2.45, 2.75) is 365 Å². The second-order valence-corrected chi connectivity index (χ2v) is 35.3. The van der Waals surface area contributed by atoms with Crippen LogP contribution < -0.4 is 28.4 Å². The van der Waals surface area contributed by atoms with Gasteiger partial charge >= 0.3 is 29.8 Å². The molecule has 1 saturated heterocycles. The third kappa shape index (κ3) is 43.3. The van der Waals surface area contributed by atoms with Crippen LogP contribution in [0.5, 0.6) is 34.5 Å². The maximum Gasteiger partial charge on any atom is 0.343 e. The fraction of sp³-hybridized carbons (Fsp3) is 0.651. The minimum Gasteiger partial charge on any atom is -0.494 e. The number of hydrogen-bond donors (Lipinski definition) is 1. The highest BCUT2D eigenvalue weighted by Crippen LogP contribution is 2.41. The van der Waals surface area contributed by atoms with E-state index in [0.717, 1.165) is 210 Å². The highest BCUT2D eigenvalue weighted by molar-refractivity contribution is 5.93. The van der Waals surface area contributed by atoms with Crippen LogP contribution in [0, 0.1) is 11.8 Å². The number of benzene rings is 5. The largest absolute Gasteiger partial charge is 0.494 e. The first-order valence-corrected chi connectivity index (χ1v) is 49.3. The molecule has 8 rings (SSSR count). The Balaban J connectivity index is 0.595. The SMILES string of the molecule is CCCCC[C@H]1CC[C@H](c2ccc(OC(=O)c3ccc(OCCCCCCCCOC(C=O)CC(=O)OCCCCCCCCOc4cc(CCCCCCOC5CCCCO5)c(OCCCCCCCCOC(=O)CC(C=O)OCCCCCCCCOc5ccc(C(=O)Oc6ccc([C@H]7CC[C@H](CCCCC)CC7)cc6)cc5)c(C(=O)O)c4)cc3)cc2)CC1. The molecule has 2 saturated carbocycles. The van der Waals surface area contributed by atoms with Gasteiger partial charge in [-0.25, -0.2) is 14.4 Å². The van der Waals surface area contributed by atoms with Gasteiger partial charge in [-0.05, 0) is 267 Å². The second-order valence-electron chi connectivity index (χ2n) is 35.3. The molecule has 0 bridgehead atoms. The number of esters is 4. The Hall–Kier alpha value is -8.17. The van der Waals surface area contributed by atoms with Crippen LogP contribution in [-0.2, 0) is 54.0 Å². The number of carboxylic acids is 1. The number of unbranched alkanes of at least 4 members (excludes halogenated alkanes) is 27. The van der Waals surface area contributed by atoms with Crippen molar-refractivity contribution in [3.8, 4) is 34.5 Å². The molecule has 0 aromatic heterocycles. The first kappa shape index (κ1) is 103. The lowest BCUT2D eigenvalue weighted by Crippen LogP contribution is -2.22. The van der Waals surface area contributed by atoms with Crippen molar-refractivity contribution in [3.05, 3.63) is 143 Å². The van der Waals surface area contributed by atoms with Gasteiger partial charge in [0.05, 0.1) is 63.6 Å². The summed E-state index contributed by atoms with van der Waals surface area (Å²) in [6.07, 6.45) is 49.5. The number of hydrogen-bond acceptors (Lipinski definition) is 19. The van der Waals surface area contributed by atoms with Gasteiger partial charge in [0, 0.05) is 26.4 Å². The molecule has 3 unspecified atom stereocenters. The van der Waals surface area contributed by atoms with Gasteiger partial charge in [0.2, 0.25) is 0 Å². The Labute approximate surface area is 754 Å². The summed E-state index contributed by atoms with van der Waals surface area (Å²) in [7, 11) is 0. The number of aryl methyl sites for hydroxylation is 1. The molecule has 0 spiro atoms. The summed E-state index contributed by atoms with van der Waals surface area (Å²) in [4.78, 5) is 87.5. The fourth-order valence-corrected chi connectivity index (χ4v) is 17.3. The molecule has 1 N–H and O–H groups in total. The Kier molecular flexibility index (Phi) is 52.9. The Morgan fingerprint density at radius 2 is 0.754 bits per heavy atom. The average Bonchev–Trinajstić information content (AvgIpc) is 0.808. The van der Waals surface area contributed by atoms with E-state index in [9.17, 15) is 38.7 Å². The zero-order valence-electron chi connectivity index (χ0n) is 76.7. The molecule has 126 heavy (non-hydrogen) atoms. The number of aldehydes is 2. The van der Waals surface area contributed by atoms with Crippen molar-refractivity contribution in [1.29, 1.82) is 0 Å². The highest BCUT2D eigenvalue weighted by atomic mass is 16.7. The number of rotatable bonds is 71. The van der Waals surface area contributed by atoms with E-state index in [4.69, 9.17) is 56.8 Å². The first-order chi connectivity index (χ1) is 61.9. The number of aromatic carboxylic acids is 1. The molecular weight excluding hydrogens is 1590 g/mol. The molecule has 0 radical (unpaired) electrons. The third-order valence-electron chi connectivity index (χ3n) is 25.0. The van der Waals surface area contributed by atoms with Gasteiger partial charge in [-0.3, -0.25) is 9.59 Å². The summed E-state index contributed by atoms with van der Waals surface area (Å²) in [6, 6.07) is 33.9. The van der Waals surface area contributed by atoms with Gasteiger partial charge in [0.1, 0.15) is 64.8 Å². The van der Waals surface area contributed by atoms with Crippen LogP contribution in [0.25, 0.3) is 0 Å². The number of carbonyl (C=O) groups is 7. The molecule has 1 aliphatic heterocycles. The summed E-state index contributed by atoms with van der Waals surface area (Å²) < 4.78 is 69.9. The topological polar surface area (TPSA) is 250 Å². The maximum atomic E-state index is 12.9. The molecule has 3 aliphatic rings. The normalized spacial score (nSPS) is 16.9. The molecule has 5 aromatic carbocycles. The summed E-state index contributed by atoms with van der Waals surface area (Å²) in [5, 5.41) is 10.5. The lowest BCUT2D eigenvalue weighted by Gasteiger charge is -2.29. The lowest BCUT2D eigenvalue weighted by molar-refractivity contribution is -0.162. The molecule has 20 heteroatoms. The predicted molar refractivity (Wildman–Crippen MR) is 494 cm³/mol. The third-order valence-corrected chi connectivity index (χ3v) is 25.0. The zero-order valence-corrected chi connectivity index (χ0v) is 76.7. The quantitative estimate of drug-likeness (QED) is 0.0164. The maximum absolute atomic E-state index is 12.9. The van der Waals surface area contributed by atoms with Crippen LogP contribution in [0.4, 0.5) is 0 Å². The van der Waals surface area contributed by atoms with E-state index < -0.39 is 30.1 Å². The van der Waals surface area contributed by atoms with Gasteiger partial charge < -0.3 is 71.5 Å². The minimum atomic E-state index is -1.07. The van der Waals surface area contributed by atoms with E-state index >= 15 is 0 Å². The number of carbonyl (C=O) groups excluding carboxylic acids is 6. The van der Waals surface area contributed by atoms with Crippen LogP contribution in [0.15, 0.2) is 109 Å². The van der Waals surface area contributed by atoms with Crippen LogP contribution in [-0.4, -0.2) is 132 Å². The van der Waals surface area contributed by atoms with Gasteiger partial charge in [-0.2, -0.15) is 0 Å². The van der Waals surface area contributed by atoms with E-state index in [-0.39, 0.29) is 49.8 Å². The smallest absolute Gasteiger partial charge is 0.343 e. The van der Waals surface area contributed by atoms with E-state index in [0.29, 0.717) is 136 Å². The standard InChI is InChI=1S/C106H154O20/c1-3-5-25-39-83-43-47-85(48-44-83)87-51-63-94(64-52-87)125-105(113)89-55-59-92(60-56-89)115-67-29-16-7-9-19-32-70-118-97(81-107)79-100(109)120-72-34-21-12-11-18-31-69-117-96-77-91(41-27-15-24-36-74-122-102-42-28-38-75-123-102)103(99(78-96)104(111)112)124-76-37-23-14-13-22-35-73-121-101(110)80-98(82-108)119-71-33-20-10-8-17-30-68-116-93-61-57-90(58-62-93)106(114)126-95-65-53-88(54-66-95)86-49-45-84(46-50-86)40-26-6-4-2/h51-66,77-78,81-86,97-98,102H,3-50,67-76,79-80H2,1-2H3,(H,111,112)/t83-,84-,85-,86-,97?,98?,102?. The van der Waals surface area contributed by atoms with Crippen LogP contribution in [0.2, 0.25) is 0 Å². The van der Waals surface area contributed by atoms with Crippen LogP contribution in [0.1, 0.15) is 388 Å². The van der Waals surface area contributed by atoms with Gasteiger partial charge in [-0.15, -0.1) is 0 Å². The second kappa shape index (κ2) is 64.5. The molecule has 3 atom stereocenters. The summed E-state index contributed by atoms with van der Waals surface area (Å²) in [5.74, 6) is 3.63. The molecule has 2 aliphatic carbocycles. The number of ether oxygens (including phenoxy) is 12. The lowest BCUT2D eigenvalue weighted by atomic mass is 9.77. The summed E-state index contributed by atoms with van der Waals surface area (Å²) in [5.41, 5.74) is 4.54. The van der Waals surface area contributed by atoms with Crippen molar-refractivity contribution >= 4 is 42.4 Å². The number of carboxylic acid groups (broad SMARTS) is 1. The first-order valence-electron chi connectivity index (χ1n) is 49.3. The molecule has 5 aromatic rings. The van der Waals surface area contributed by atoms with Crippen molar-refractivity contribution in [2.24, 2.45) is 11.8 Å². The highest BCUT2D eigenvalue weighted by Gasteiger charge is 2.27.